The van der Waals surface area contributed by atoms with Crippen LogP contribution in [0, 0.1) is 5.92 Å². The molecule has 1 atom stereocenters. The van der Waals surface area contributed by atoms with E-state index in [0.717, 1.165) is 11.1 Å². The summed E-state index contributed by atoms with van der Waals surface area (Å²) < 4.78 is 0. The number of ketones is 2. The molecule has 1 aliphatic rings. The van der Waals surface area contributed by atoms with Gasteiger partial charge in [0.25, 0.3) is 0 Å². The number of rotatable bonds is 7. The maximum Gasteiger partial charge on any atom is 0.202 e. The number of aliphatic hydroxyl groups is 3. The van der Waals surface area contributed by atoms with E-state index in [1.807, 2.05) is 27.7 Å². The van der Waals surface area contributed by atoms with Crippen LogP contribution in [-0.2, 0) is 9.59 Å². The van der Waals surface area contributed by atoms with Gasteiger partial charge in [0.15, 0.2) is 5.60 Å². The summed E-state index contributed by atoms with van der Waals surface area (Å²) in [6.45, 7) is 10.8. The zero-order valence-corrected chi connectivity index (χ0v) is 20.9. The molecule has 0 aromatic carbocycles. The first-order valence-electron chi connectivity index (χ1n) is 8.83. The first-order valence-corrected chi connectivity index (χ1v) is 8.83. The van der Waals surface area contributed by atoms with Gasteiger partial charge in [0.05, 0.1) is 0 Å². The summed E-state index contributed by atoms with van der Waals surface area (Å²) in [6, 6.07) is 0. The van der Waals surface area contributed by atoms with Crippen molar-refractivity contribution in [3.05, 3.63) is 46.0 Å². The van der Waals surface area contributed by atoms with E-state index in [0.29, 0.717) is 0 Å². The zero-order chi connectivity index (χ0) is 20.2. The third-order valence-corrected chi connectivity index (χ3v) is 4.41. The number of allylic oxidation sites excluding steroid dienone is 4. The number of hydrogen-bond acceptors (Lipinski definition) is 5. The van der Waals surface area contributed by atoms with Gasteiger partial charge in [-0.15, -0.1) is 0 Å². The molecule has 0 amide bonds. The van der Waals surface area contributed by atoms with Crippen molar-refractivity contribution in [3.63, 3.8) is 0 Å². The van der Waals surface area contributed by atoms with Crippen molar-refractivity contribution in [2.24, 2.45) is 5.92 Å². The largest absolute Gasteiger partial charge is 0.508 e. The molecule has 0 aromatic rings. The van der Waals surface area contributed by atoms with Gasteiger partial charge in [-0.25, -0.2) is 0 Å². The minimum atomic E-state index is -2.17. The molecule has 1 rings (SSSR count). The third-order valence-electron chi connectivity index (χ3n) is 4.41. The van der Waals surface area contributed by atoms with Crippen molar-refractivity contribution in [2.75, 3.05) is 0 Å². The molecular weight excluding hydrogens is 539 g/mol. The molecule has 3 N–H and O–H groups in total. The second kappa shape index (κ2) is 10.4. The standard InChI is InChI=1S/C21H30O5.Pb/c1-12(2)7-8-15-18(23)16(11-17(22)14(5)6)20(25)21(26,19(15)24)10-9-13(3)4;/h7,9,14,23,25-26H,8,10-11H2,1-6H3;/t21-;/m1./s1. The molecule has 27 heavy (non-hydrogen) atoms. The first-order chi connectivity index (χ1) is 11.9. The fourth-order valence-electron chi connectivity index (χ4n) is 2.59. The van der Waals surface area contributed by atoms with Crippen molar-refractivity contribution in [1.82, 2.24) is 0 Å². The smallest absolute Gasteiger partial charge is 0.202 e. The normalized spacial score (nSPS) is 19.8. The molecular formula is C21H30O5Pb. The maximum atomic E-state index is 12.9. The van der Waals surface area contributed by atoms with Crippen LogP contribution in [0.1, 0.15) is 60.8 Å². The van der Waals surface area contributed by atoms with Crippen LogP contribution in [-0.4, -0.2) is 59.8 Å². The monoisotopic (exact) mass is 570 g/mol. The Hall–Kier alpha value is -1.22. The summed E-state index contributed by atoms with van der Waals surface area (Å²) >= 11 is 0. The molecule has 0 aromatic heterocycles. The predicted molar refractivity (Wildman–Crippen MR) is 108 cm³/mol. The number of Topliss-reactive ketones (excluding diaryl/α,β-unsaturated/α-hetero) is 2. The van der Waals surface area contributed by atoms with E-state index in [1.54, 1.807) is 26.0 Å². The molecule has 148 valence electrons. The third kappa shape index (κ3) is 6.14. The van der Waals surface area contributed by atoms with Gasteiger partial charge in [0.2, 0.25) is 5.78 Å². The molecule has 1 aliphatic carbocycles. The van der Waals surface area contributed by atoms with E-state index in [-0.39, 0.29) is 69.4 Å². The van der Waals surface area contributed by atoms with Gasteiger partial charge < -0.3 is 15.3 Å². The molecule has 6 heteroatoms. The number of carbonyl (C=O) groups is 2. The zero-order valence-electron chi connectivity index (χ0n) is 17.0. The van der Waals surface area contributed by atoms with Crippen LogP contribution in [0.15, 0.2) is 46.0 Å². The van der Waals surface area contributed by atoms with Crippen molar-refractivity contribution in [2.45, 2.75) is 66.4 Å². The van der Waals surface area contributed by atoms with Crippen LogP contribution in [0.4, 0.5) is 0 Å². The van der Waals surface area contributed by atoms with Gasteiger partial charge >= 0.3 is 0 Å². The van der Waals surface area contributed by atoms with E-state index in [4.69, 9.17) is 0 Å². The molecule has 0 bridgehead atoms. The summed E-state index contributed by atoms with van der Waals surface area (Å²) in [5.41, 5.74) is -0.390. The second-order valence-electron chi connectivity index (χ2n) is 7.61. The summed E-state index contributed by atoms with van der Waals surface area (Å²) in [5.74, 6) is -2.26. The van der Waals surface area contributed by atoms with Gasteiger partial charge in [-0.3, -0.25) is 9.59 Å². The van der Waals surface area contributed by atoms with E-state index >= 15 is 0 Å². The second-order valence-corrected chi connectivity index (χ2v) is 7.61. The van der Waals surface area contributed by atoms with Crippen LogP contribution in [0.2, 0.25) is 0 Å². The number of hydrogen-bond donors (Lipinski definition) is 3. The van der Waals surface area contributed by atoms with E-state index in [9.17, 15) is 24.9 Å². The molecule has 0 saturated carbocycles. The maximum absolute atomic E-state index is 12.9. The Balaban J connectivity index is 0.00000676. The molecule has 0 aliphatic heterocycles. The Kier molecular flexibility index (Phi) is 9.89. The summed E-state index contributed by atoms with van der Waals surface area (Å²) in [7, 11) is 0. The van der Waals surface area contributed by atoms with Crippen LogP contribution >= 0.6 is 0 Å². The Morgan fingerprint density at radius 1 is 1.04 bits per heavy atom. The quantitative estimate of drug-likeness (QED) is 0.320. The minimum absolute atomic E-state index is 0. The SMILES string of the molecule is CC(C)=CCC1=C(O)C(CC(=O)C(C)C)=C(O)[C@@](O)(CC=C(C)C)C1=O.[Pb]. The Morgan fingerprint density at radius 3 is 2.00 bits per heavy atom. The number of aliphatic hydroxyl groups excluding tert-OH is 2. The van der Waals surface area contributed by atoms with Crippen molar-refractivity contribution >= 4 is 38.9 Å². The fraction of sp³-hybridized carbons (Fsp3) is 0.524. The molecule has 0 unspecified atom stereocenters. The topological polar surface area (TPSA) is 94.8 Å². The van der Waals surface area contributed by atoms with Gasteiger partial charge in [-0.2, -0.15) is 0 Å². The number of carbonyl (C=O) groups excluding carboxylic acids is 2. The van der Waals surface area contributed by atoms with Crippen LogP contribution < -0.4 is 0 Å². The average Bonchev–Trinajstić information content (AvgIpc) is 2.54. The van der Waals surface area contributed by atoms with E-state index < -0.39 is 22.9 Å². The van der Waals surface area contributed by atoms with Gasteiger partial charge in [-0.1, -0.05) is 37.1 Å². The van der Waals surface area contributed by atoms with Crippen molar-refractivity contribution in [3.8, 4) is 0 Å². The fourth-order valence-corrected chi connectivity index (χ4v) is 2.59. The molecule has 5 nitrogen and oxygen atoms in total. The summed E-state index contributed by atoms with van der Waals surface area (Å²) in [6.07, 6.45) is 3.17. The van der Waals surface area contributed by atoms with Crippen LogP contribution in [0.5, 0.6) is 0 Å². The van der Waals surface area contributed by atoms with Crippen molar-refractivity contribution < 1.29 is 24.9 Å². The average molecular weight is 570 g/mol. The Labute approximate surface area is 181 Å². The summed E-state index contributed by atoms with van der Waals surface area (Å²) in [4.78, 5) is 25.0. The van der Waals surface area contributed by atoms with E-state index in [1.165, 1.54) is 0 Å². The van der Waals surface area contributed by atoms with Crippen molar-refractivity contribution in [1.29, 1.82) is 0 Å². The minimum Gasteiger partial charge on any atom is -0.508 e. The molecule has 0 heterocycles. The molecule has 4 radical (unpaired) electrons. The predicted octanol–water partition coefficient (Wildman–Crippen LogP) is 3.87. The van der Waals surface area contributed by atoms with Crippen LogP contribution in [0.3, 0.4) is 0 Å². The van der Waals surface area contributed by atoms with Crippen LogP contribution in [0.25, 0.3) is 0 Å². The van der Waals surface area contributed by atoms with Gasteiger partial charge in [-0.05, 0) is 34.1 Å². The Bertz CT molecular complexity index is 717. The first kappa shape index (κ1) is 25.8. The van der Waals surface area contributed by atoms with E-state index in [2.05, 4.69) is 0 Å². The van der Waals surface area contributed by atoms with Gasteiger partial charge in [0, 0.05) is 57.2 Å². The van der Waals surface area contributed by atoms with Gasteiger partial charge in [0.1, 0.15) is 17.3 Å². The molecule has 0 saturated heterocycles. The summed E-state index contributed by atoms with van der Waals surface area (Å²) in [5, 5.41) is 32.1. The molecule has 0 spiro atoms. The Morgan fingerprint density at radius 2 is 1.56 bits per heavy atom. The molecule has 0 fully saturated rings.